The smallest absolute Gasteiger partial charge is 0.258 e. The van der Waals surface area contributed by atoms with Crippen molar-refractivity contribution >= 4 is 11.7 Å². The van der Waals surface area contributed by atoms with Crippen molar-refractivity contribution in [1.29, 1.82) is 0 Å². The quantitative estimate of drug-likeness (QED) is 0.903. The molecular formula is C15H18N4O2. The molecule has 6 nitrogen and oxygen atoms in total. The Morgan fingerprint density at radius 1 is 1.48 bits per heavy atom. The van der Waals surface area contributed by atoms with E-state index >= 15 is 0 Å². The molecule has 1 fully saturated rings. The third-order valence-electron chi connectivity index (χ3n) is 3.95. The second-order valence-electron chi connectivity index (χ2n) is 5.59. The molecule has 1 aliphatic carbocycles. The summed E-state index contributed by atoms with van der Waals surface area (Å²) in [5.74, 6) is 1.12. The van der Waals surface area contributed by atoms with E-state index < -0.39 is 0 Å². The van der Waals surface area contributed by atoms with E-state index in [2.05, 4.69) is 22.3 Å². The van der Waals surface area contributed by atoms with Crippen molar-refractivity contribution in [3.05, 3.63) is 46.0 Å². The van der Waals surface area contributed by atoms with Crippen molar-refractivity contribution < 1.29 is 4.79 Å². The van der Waals surface area contributed by atoms with Crippen molar-refractivity contribution in [2.24, 2.45) is 5.92 Å². The fraction of sp³-hybridized carbons (Fsp3) is 0.400. The van der Waals surface area contributed by atoms with Gasteiger partial charge in [0.25, 0.3) is 5.91 Å². The Labute approximate surface area is 122 Å². The molecule has 0 bridgehead atoms. The molecule has 0 radical (unpaired) electrons. The number of amides is 1. The van der Waals surface area contributed by atoms with Gasteiger partial charge in [0.2, 0.25) is 5.56 Å². The van der Waals surface area contributed by atoms with E-state index in [1.807, 2.05) is 11.6 Å². The maximum atomic E-state index is 12.3. The SMILES string of the molecule is Cc1cnn([C@H](C)C2CC2)c1NC(=O)c1ccc(=O)[nH]c1. The second-order valence-corrected chi connectivity index (χ2v) is 5.59. The van der Waals surface area contributed by atoms with Gasteiger partial charge < -0.3 is 10.3 Å². The Bertz CT molecular complexity index is 707. The molecule has 0 aliphatic heterocycles. The fourth-order valence-electron chi connectivity index (χ4n) is 2.42. The molecule has 1 aliphatic rings. The predicted molar refractivity (Wildman–Crippen MR) is 79.4 cm³/mol. The molecule has 2 N–H and O–H groups in total. The maximum Gasteiger partial charge on any atom is 0.258 e. The van der Waals surface area contributed by atoms with E-state index in [0.29, 0.717) is 11.5 Å². The number of aromatic nitrogens is 3. The molecule has 0 spiro atoms. The highest BCUT2D eigenvalue weighted by Gasteiger charge is 2.31. The molecule has 2 aromatic heterocycles. The van der Waals surface area contributed by atoms with E-state index in [0.717, 1.165) is 11.4 Å². The first-order valence-corrected chi connectivity index (χ1v) is 7.10. The molecule has 3 rings (SSSR count). The number of carbonyl (C=O) groups is 1. The van der Waals surface area contributed by atoms with Gasteiger partial charge in [0.15, 0.2) is 0 Å². The van der Waals surface area contributed by atoms with Crippen molar-refractivity contribution in [2.75, 3.05) is 5.32 Å². The fourth-order valence-corrected chi connectivity index (χ4v) is 2.42. The lowest BCUT2D eigenvalue weighted by atomic mass is 10.2. The number of hydrogen-bond acceptors (Lipinski definition) is 3. The van der Waals surface area contributed by atoms with E-state index in [-0.39, 0.29) is 17.5 Å². The van der Waals surface area contributed by atoms with Crippen LogP contribution in [0.5, 0.6) is 0 Å². The monoisotopic (exact) mass is 286 g/mol. The number of aryl methyl sites for hydroxylation is 1. The van der Waals surface area contributed by atoms with E-state index in [1.54, 1.807) is 6.20 Å². The number of aromatic amines is 1. The minimum absolute atomic E-state index is 0.227. The summed E-state index contributed by atoms with van der Waals surface area (Å²) in [7, 11) is 0. The summed E-state index contributed by atoms with van der Waals surface area (Å²) in [4.78, 5) is 25.8. The van der Waals surface area contributed by atoms with Gasteiger partial charge in [-0.1, -0.05) is 0 Å². The highest BCUT2D eigenvalue weighted by atomic mass is 16.2. The predicted octanol–water partition coefficient (Wildman–Crippen LogP) is 2.10. The van der Waals surface area contributed by atoms with E-state index in [9.17, 15) is 9.59 Å². The zero-order valence-electron chi connectivity index (χ0n) is 12.1. The highest BCUT2D eigenvalue weighted by Crippen LogP contribution is 2.40. The van der Waals surface area contributed by atoms with Crippen LogP contribution in [0.3, 0.4) is 0 Å². The first-order valence-electron chi connectivity index (χ1n) is 7.10. The molecule has 110 valence electrons. The van der Waals surface area contributed by atoms with Crippen LogP contribution < -0.4 is 10.9 Å². The van der Waals surface area contributed by atoms with Crippen LogP contribution in [0.4, 0.5) is 5.82 Å². The van der Waals surface area contributed by atoms with Crippen LogP contribution in [0.15, 0.2) is 29.3 Å². The van der Waals surface area contributed by atoms with Gasteiger partial charge in [-0.25, -0.2) is 4.68 Å². The van der Waals surface area contributed by atoms with Crippen LogP contribution in [-0.4, -0.2) is 20.7 Å². The standard InChI is InChI=1S/C15H18N4O2/c1-9-7-17-19(10(2)11-3-4-11)14(9)18-15(21)12-5-6-13(20)16-8-12/h5-8,10-11H,3-4H2,1-2H3,(H,16,20)(H,18,21)/t10-/m1/s1. The van der Waals surface area contributed by atoms with Gasteiger partial charge in [-0.15, -0.1) is 0 Å². The minimum Gasteiger partial charge on any atom is -0.328 e. The third-order valence-corrected chi connectivity index (χ3v) is 3.95. The summed E-state index contributed by atoms with van der Waals surface area (Å²) < 4.78 is 1.89. The zero-order chi connectivity index (χ0) is 15.0. The number of carbonyl (C=O) groups excluding carboxylic acids is 1. The molecule has 0 unspecified atom stereocenters. The first-order chi connectivity index (χ1) is 10.1. The third kappa shape index (κ3) is 2.74. The lowest BCUT2D eigenvalue weighted by Crippen LogP contribution is -2.20. The summed E-state index contributed by atoms with van der Waals surface area (Å²) in [5.41, 5.74) is 1.12. The van der Waals surface area contributed by atoms with Gasteiger partial charge in [0.1, 0.15) is 5.82 Å². The van der Waals surface area contributed by atoms with Crippen LogP contribution in [0, 0.1) is 12.8 Å². The molecule has 0 saturated heterocycles. The first kappa shape index (κ1) is 13.6. The topological polar surface area (TPSA) is 79.8 Å². The number of nitrogens with zero attached hydrogens (tertiary/aromatic N) is 2. The summed E-state index contributed by atoms with van der Waals surface area (Å²) in [6, 6.07) is 3.13. The Kier molecular flexibility index (Phi) is 3.37. The van der Waals surface area contributed by atoms with Gasteiger partial charge in [-0.05, 0) is 38.7 Å². The summed E-state index contributed by atoms with van der Waals surface area (Å²) in [5, 5.41) is 7.28. The number of H-pyrrole nitrogens is 1. The molecule has 1 atom stereocenters. The highest BCUT2D eigenvalue weighted by molar-refractivity contribution is 6.03. The number of rotatable bonds is 4. The molecule has 2 aromatic rings. The van der Waals surface area contributed by atoms with Crippen LogP contribution in [-0.2, 0) is 0 Å². The summed E-state index contributed by atoms with van der Waals surface area (Å²) in [6.45, 7) is 4.05. The second kappa shape index (κ2) is 5.20. The van der Waals surface area contributed by atoms with Gasteiger partial charge in [-0.3, -0.25) is 9.59 Å². The Balaban J connectivity index is 1.83. The average Bonchev–Trinajstić information content (AvgIpc) is 3.25. The van der Waals surface area contributed by atoms with Crippen molar-refractivity contribution in [2.45, 2.75) is 32.7 Å². The lowest BCUT2D eigenvalue weighted by Gasteiger charge is -2.16. The Morgan fingerprint density at radius 2 is 2.24 bits per heavy atom. The average molecular weight is 286 g/mol. The van der Waals surface area contributed by atoms with Crippen molar-refractivity contribution in [3.8, 4) is 0 Å². The van der Waals surface area contributed by atoms with Gasteiger partial charge in [-0.2, -0.15) is 5.10 Å². The van der Waals surface area contributed by atoms with E-state index in [1.165, 1.54) is 31.2 Å². The number of nitrogens with one attached hydrogen (secondary N) is 2. The largest absolute Gasteiger partial charge is 0.328 e. The number of hydrogen-bond donors (Lipinski definition) is 2. The Morgan fingerprint density at radius 3 is 2.86 bits per heavy atom. The van der Waals surface area contributed by atoms with Gasteiger partial charge >= 0.3 is 0 Å². The van der Waals surface area contributed by atoms with E-state index in [4.69, 9.17) is 0 Å². The molecule has 1 saturated carbocycles. The molecule has 1 amide bonds. The van der Waals surface area contributed by atoms with Crippen molar-refractivity contribution in [3.63, 3.8) is 0 Å². The maximum absolute atomic E-state index is 12.3. The van der Waals surface area contributed by atoms with Crippen LogP contribution in [0.2, 0.25) is 0 Å². The molecule has 6 heteroatoms. The summed E-state index contributed by atoms with van der Waals surface area (Å²) >= 11 is 0. The number of anilines is 1. The Hall–Kier alpha value is -2.37. The normalized spacial score (nSPS) is 15.7. The van der Waals surface area contributed by atoms with Gasteiger partial charge in [0, 0.05) is 17.8 Å². The zero-order valence-corrected chi connectivity index (χ0v) is 12.1. The van der Waals surface area contributed by atoms with Gasteiger partial charge in [0.05, 0.1) is 17.8 Å². The molecule has 2 heterocycles. The summed E-state index contributed by atoms with van der Waals surface area (Å²) in [6.07, 6.45) is 5.61. The molecule has 0 aromatic carbocycles. The molecule has 21 heavy (non-hydrogen) atoms. The lowest BCUT2D eigenvalue weighted by molar-refractivity contribution is 0.102. The van der Waals surface area contributed by atoms with Crippen LogP contribution in [0.25, 0.3) is 0 Å². The van der Waals surface area contributed by atoms with Crippen LogP contribution >= 0.6 is 0 Å². The van der Waals surface area contributed by atoms with Crippen molar-refractivity contribution in [1.82, 2.24) is 14.8 Å². The molecular weight excluding hydrogens is 268 g/mol. The minimum atomic E-state index is -0.251. The number of pyridine rings is 1. The van der Waals surface area contributed by atoms with Crippen LogP contribution in [0.1, 0.15) is 41.7 Å².